The summed E-state index contributed by atoms with van der Waals surface area (Å²) in [5.41, 5.74) is 7.92. The third-order valence-corrected chi connectivity index (χ3v) is 4.33. The zero-order valence-electron chi connectivity index (χ0n) is 15.3. The molecular formula is C21H17FN6O. The average Bonchev–Trinajstić information content (AvgIpc) is 2.73. The van der Waals surface area contributed by atoms with Crippen molar-refractivity contribution in [3.05, 3.63) is 84.1 Å². The van der Waals surface area contributed by atoms with E-state index in [0.29, 0.717) is 34.8 Å². The number of nitrogens with two attached hydrogens (primary N) is 1. The number of carbonyl (C=O) groups excluding carboxylic acids is 1. The van der Waals surface area contributed by atoms with Crippen LogP contribution >= 0.6 is 0 Å². The van der Waals surface area contributed by atoms with E-state index >= 15 is 0 Å². The molecule has 4 N–H and O–H groups in total. The number of aromatic nitrogens is 3. The van der Waals surface area contributed by atoms with Crippen LogP contribution in [0.3, 0.4) is 0 Å². The largest absolute Gasteiger partial charge is 0.384 e. The molecule has 144 valence electrons. The maximum atomic E-state index is 13.9. The van der Waals surface area contributed by atoms with E-state index in [4.69, 9.17) is 5.73 Å². The van der Waals surface area contributed by atoms with Gasteiger partial charge in [-0.25, -0.2) is 19.3 Å². The van der Waals surface area contributed by atoms with Crippen molar-refractivity contribution in [1.82, 2.24) is 15.0 Å². The number of nitrogens with one attached hydrogen (secondary N) is 2. The molecule has 0 bridgehead atoms. The quantitative estimate of drug-likeness (QED) is 0.482. The van der Waals surface area contributed by atoms with Gasteiger partial charge in [-0.2, -0.15) is 0 Å². The van der Waals surface area contributed by atoms with Crippen molar-refractivity contribution in [2.24, 2.45) is 0 Å². The Kier molecular flexibility index (Phi) is 4.98. The fourth-order valence-corrected chi connectivity index (χ4v) is 2.88. The molecule has 4 rings (SSSR count). The fourth-order valence-electron chi connectivity index (χ4n) is 2.88. The predicted molar refractivity (Wildman–Crippen MR) is 110 cm³/mol. The van der Waals surface area contributed by atoms with Crippen LogP contribution in [-0.4, -0.2) is 20.9 Å². The molecule has 0 aliphatic rings. The standard InChI is InChI=1S/C21H17FN6O/c22-17-3-1-2-16-19(17)26-12-27-20(16)25-11-13-4-6-14(7-5-13)21(29)28-15-8-9-24-18(23)10-15/h1-10,12H,11H2,(H,25,26,27)(H3,23,24,28,29). The molecule has 0 radical (unpaired) electrons. The van der Waals surface area contributed by atoms with E-state index in [9.17, 15) is 9.18 Å². The number of rotatable bonds is 5. The van der Waals surface area contributed by atoms with E-state index in [1.807, 2.05) is 12.1 Å². The van der Waals surface area contributed by atoms with Gasteiger partial charge in [-0.3, -0.25) is 4.79 Å². The normalized spacial score (nSPS) is 10.7. The minimum atomic E-state index is -0.390. The van der Waals surface area contributed by atoms with E-state index < -0.39 is 0 Å². The third kappa shape index (κ3) is 4.11. The van der Waals surface area contributed by atoms with Crippen LogP contribution in [0.4, 0.5) is 21.7 Å². The summed E-state index contributed by atoms with van der Waals surface area (Å²) in [6.07, 6.45) is 2.86. The molecule has 2 aromatic heterocycles. The molecule has 8 heteroatoms. The van der Waals surface area contributed by atoms with Crippen molar-refractivity contribution in [3.8, 4) is 0 Å². The number of anilines is 3. The molecule has 0 spiro atoms. The van der Waals surface area contributed by atoms with E-state index in [0.717, 1.165) is 5.56 Å². The Bertz CT molecular complexity index is 1180. The number of amides is 1. The van der Waals surface area contributed by atoms with Crippen molar-refractivity contribution in [2.75, 3.05) is 16.4 Å². The molecular weight excluding hydrogens is 371 g/mol. The van der Waals surface area contributed by atoms with Crippen molar-refractivity contribution < 1.29 is 9.18 Å². The average molecular weight is 388 g/mol. The second-order valence-electron chi connectivity index (χ2n) is 6.33. The van der Waals surface area contributed by atoms with Crippen molar-refractivity contribution in [2.45, 2.75) is 6.54 Å². The summed E-state index contributed by atoms with van der Waals surface area (Å²) in [5.74, 6) is 0.250. The first kappa shape index (κ1) is 18.3. The Morgan fingerprint density at radius 3 is 2.66 bits per heavy atom. The van der Waals surface area contributed by atoms with Gasteiger partial charge in [0, 0.05) is 35.4 Å². The lowest BCUT2D eigenvalue weighted by atomic mass is 10.1. The van der Waals surface area contributed by atoms with Gasteiger partial charge in [0.05, 0.1) is 0 Å². The Morgan fingerprint density at radius 1 is 1.03 bits per heavy atom. The smallest absolute Gasteiger partial charge is 0.255 e. The summed E-state index contributed by atoms with van der Waals surface area (Å²) in [6.45, 7) is 0.464. The Hall–Kier alpha value is -4.07. The summed E-state index contributed by atoms with van der Waals surface area (Å²) in [6, 6.07) is 15.1. The van der Waals surface area contributed by atoms with Crippen LogP contribution in [0.25, 0.3) is 10.9 Å². The number of carbonyl (C=O) groups is 1. The molecule has 0 aliphatic carbocycles. The highest BCUT2D eigenvalue weighted by Gasteiger charge is 2.09. The van der Waals surface area contributed by atoms with Crippen molar-refractivity contribution in [3.63, 3.8) is 0 Å². The van der Waals surface area contributed by atoms with Crippen LogP contribution < -0.4 is 16.4 Å². The molecule has 7 nitrogen and oxygen atoms in total. The summed E-state index contributed by atoms with van der Waals surface area (Å²) in [7, 11) is 0. The minimum Gasteiger partial charge on any atom is -0.384 e. The number of benzene rings is 2. The molecule has 1 amide bonds. The van der Waals surface area contributed by atoms with Gasteiger partial charge >= 0.3 is 0 Å². The van der Waals surface area contributed by atoms with Crippen molar-refractivity contribution >= 4 is 34.1 Å². The first-order valence-corrected chi connectivity index (χ1v) is 8.85. The SMILES string of the molecule is Nc1cc(NC(=O)c2ccc(CNc3ncnc4c(F)cccc34)cc2)ccn1. The number of halogens is 1. The van der Waals surface area contributed by atoms with Crippen LogP contribution in [-0.2, 0) is 6.54 Å². The molecule has 4 aromatic rings. The van der Waals surface area contributed by atoms with Crippen LogP contribution in [0.1, 0.15) is 15.9 Å². The molecule has 0 atom stereocenters. The van der Waals surface area contributed by atoms with Gasteiger partial charge in [0.2, 0.25) is 0 Å². The van der Waals surface area contributed by atoms with Gasteiger partial charge in [0.25, 0.3) is 5.91 Å². The number of nitrogens with zero attached hydrogens (tertiary/aromatic N) is 3. The number of pyridine rings is 1. The Labute approximate surface area is 165 Å². The van der Waals surface area contributed by atoms with Crippen LogP contribution in [0.15, 0.2) is 67.1 Å². The van der Waals surface area contributed by atoms with Crippen LogP contribution in [0.2, 0.25) is 0 Å². The van der Waals surface area contributed by atoms with E-state index in [-0.39, 0.29) is 17.2 Å². The van der Waals surface area contributed by atoms with Gasteiger partial charge in [-0.15, -0.1) is 0 Å². The Balaban J connectivity index is 1.44. The van der Waals surface area contributed by atoms with E-state index in [1.165, 1.54) is 18.6 Å². The summed E-state index contributed by atoms with van der Waals surface area (Å²) in [4.78, 5) is 24.4. The molecule has 0 aliphatic heterocycles. The maximum absolute atomic E-state index is 13.9. The van der Waals surface area contributed by atoms with Crippen molar-refractivity contribution in [1.29, 1.82) is 0 Å². The second kappa shape index (κ2) is 7.89. The zero-order chi connectivity index (χ0) is 20.2. The lowest BCUT2D eigenvalue weighted by molar-refractivity contribution is 0.102. The van der Waals surface area contributed by atoms with Gasteiger partial charge < -0.3 is 16.4 Å². The summed E-state index contributed by atoms with van der Waals surface area (Å²) < 4.78 is 13.9. The molecule has 2 aromatic carbocycles. The summed E-state index contributed by atoms with van der Waals surface area (Å²) in [5, 5.41) is 6.57. The number of nitrogen functional groups attached to an aromatic ring is 1. The molecule has 0 saturated heterocycles. The van der Waals surface area contributed by atoms with Crippen LogP contribution in [0, 0.1) is 5.82 Å². The molecule has 0 saturated carbocycles. The highest BCUT2D eigenvalue weighted by molar-refractivity contribution is 6.04. The maximum Gasteiger partial charge on any atom is 0.255 e. The predicted octanol–water partition coefficient (Wildman–Crippen LogP) is 3.61. The van der Waals surface area contributed by atoms with Gasteiger partial charge in [0.1, 0.15) is 29.3 Å². The van der Waals surface area contributed by atoms with Gasteiger partial charge in [-0.05, 0) is 35.9 Å². The van der Waals surface area contributed by atoms with E-state index in [1.54, 1.807) is 36.4 Å². The first-order chi connectivity index (χ1) is 14.1. The monoisotopic (exact) mass is 388 g/mol. The first-order valence-electron chi connectivity index (χ1n) is 8.85. The highest BCUT2D eigenvalue weighted by atomic mass is 19.1. The highest BCUT2D eigenvalue weighted by Crippen LogP contribution is 2.21. The lowest BCUT2D eigenvalue weighted by Crippen LogP contribution is -2.12. The number of hydrogen-bond donors (Lipinski definition) is 3. The van der Waals surface area contributed by atoms with E-state index in [2.05, 4.69) is 25.6 Å². The van der Waals surface area contributed by atoms with Crippen LogP contribution in [0.5, 0.6) is 0 Å². The number of para-hydroxylation sites is 1. The molecule has 0 fully saturated rings. The topological polar surface area (TPSA) is 106 Å². The summed E-state index contributed by atoms with van der Waals surface area (Å²) >= 11 is 0. The number of hydrogen-bond acceptors (Lipinski definition) is 6. The fraction of sp³-hybridized carbons (Fsp3) is 0.0476. The second-order valence-corrected chi connectivity index (χ2v) is 6.33. The molecule has 29 heavy (non-hydrogen) atoms. The lowest BCUT2D eigenvalue weighted by Gasteiger charge is -2.10. The number of fused-ring (bicyclic) bond motifs is 1. The van der Waals surface area contributed by atoms with Gasteiger partial charge in [-0.1, -0.05) is 18.2 Å². The third-order valence-electron chi connectivity index (χ3n) is 4.33. The molecule has 0 unspecified atom stereocenters. The zero-order valence-corrected chi connectivity index (χ0v) is 15.3. The minimum absolute atomic E-state index is 0.243. The van der Waals surface area contributed by atoms with Gasteiger partial charge in [0.15, 0.2) is 0 Å². The Morgan fingerprint density at radius 2 is 1.86 bits per heavy atom. The molecule has 2 heterocycles.